The maximum absolute atomic E-state index is 8.78. The van der Waals surface area contributed by atoms with Gasteiger partial charge in [0.1, 0.15) is 3.53 Å². The van der Waals surface area contributed by atoms with Crippen LogP contribution in [0.4, 0.5) is 0 Å². The van der Waals surface area contributed by atoms with Crippen molar-refractivity contribution < 1.29 is 5.11 Å². The number of rotatable bonds is 15. The lowest BCUT2D eigenvalue weighted by atomic mass is 10.0. The molecule has 1 rings (SSSR count). The van der Waals surface area contributed by atoms with E-state index in [1.807, 2.05) is 23.5 Å². The molecule has 1 fully saturated rings. The van der Waals surface area contributed by atoms with Crippen LogP contribution >= 0.6 is 35.7 Å². The Morgan fingerprint density at radius 3 is 1.65 bits per heavy atom. The molecule has 0 aliphatic carbocycles. The Balaban J connectivity index is 2.06. The Labute approximate surface area is 158 Å². The number of aliphatic hydroxyl groups excluding tert-OH is 1. The standard InChI is InChI=1S/C19H36OS3/c1-2-3-4-5-8-11-14-17-18(23-19(21)22-17)15-12-9-6-7-10-13-16-20/h17-18,20H,2-16H2,1H3/t17-,18-/m0/s1. The van der Waals surface area contributed by atoms with Crippen molar-refractivity contribution in [1.29, 1.82) is 0 Å². The first kappa shape index (κ1) is 21.8. The summed E-state index contributed by atoms with van der Waals surface area (Å²) >= 11 is 9.42. The number of hydrogen-bond donors (Lipinski definition) is 1. The van der Waals surface area contributed by atoms with Gasteiger partial charge in [-0.15, -0.1) is 23.5 Å². The van der Waals surface area contributed by atoms with E-state index in [9.17, 15) is 0 Å². The summed E-state index contributed by atoms with van der Waals surface area (Å²) in [5.41, 5.74) is 0. The zero-order valence-corrected chi connectivity index (χ0v) is 17.4. The van der Waals surface area contributed by atoms with Gasteiger partial charge in [-0.25, -0.2) is 0 Å². The molecular formula is C19H36OS3. The van der Waals surface area contributed by atoms with Gasteiger partial charge in [0.15, 0.2) is 0 Å². The summed E-state index contributed by atoms with van der Waals surface area (Å²) in [5.74, 6) is 0. The molecule has 0 saturated carbocycles. The SMILES string of the molecule is CCCCCCCC[C@@H]1SC(=S)S[C@H]1CCCCCCCCO. The van der Waals surface area contributed by atoms with E-state index in [1.165, 1.54) is 87.0 Å². The average Bonchev–Trinajstić information content (AvgIpc) is 2.90. The Bertz CT molecular complexity index is 296. The Kier molecular flexibility index (Phi) is 14.3. The second-order valence-electron chi connectivity index (χ2n) is 6.75. The third-order valence-corrected chi connectivity index (χ3v) is 8.09. The third kappa shape index (κ3) is 11.1. The van der Waals surface area contributed by atoms with Crippen molar-refractivity contribution in [3.8, 4) is 0 Å². The van der Waals surface area contributed by atoms with Crippen LogP contribution in [0.1, 0.15) is 96.8 Å². The first-order valence-electron chi connectivity index (χ1n) is 9.76. The maximum Gasteiger partial charge on any atom is 0.104 e. The lowest BCUT2D eigenvalue weighted by molar-refractivity contribution is 0.282. The van der Waals surface area contributed by atoms with Gasteiger partial charge in [-0.3, -0.25) is 0 Å². The van der Waals surface area contributed by atoms with Crippen LogP contribution in [0, 0.1) is 0 Å². The molecule has 0 radical (unpaired) electrons. The topological polar surface area (TPSA) is 20.2 Å². The van der Waals surface area contributed by atoms with E-state index in [1.54, 1.807) is 0 Å². The van der Waals surface area contributed by atoms with Gasteiger partial charge in [-0.1, -0.05) is 89.8 Å². The summed E-state index contributed by atoms with van der Waals surface area (Å²) in [4.78, 5) is 0. The quantitative estimate of drug-likeness (QED) is 0.246. The summed E-state index contributed by atoms with van der Waals surface area (Å²) in [6.45, 7) is 2.64. The second kappa shape index (κ2) is 15.0. The fourth-order valence-electron chi connectivity index (χ4n) is 3.21. The van der Waals surface area contributed by atoms with Crippen LogP contribution in [-0.2, 0) is 0 Å². The molecule has 23 heavy (non-hydrogen) atoms. The molecule has 1 heterocycles. The van der Waals surface area contributed by atoms with Gasteiger partial charge in [0.25, 0.3) is 0 Å². The van der Waals surface area contributed by atoms with Gasteiger partial charge in [0.05, 0.1) is 0 Å². The second-order valence-corrected chi connectivity index (χ2v) is 10.4. The van der Waals surface area contributed by atoms with Gasteiger partial charge < -0.3 is 5.11 Å². The zero-order chi connectivity index (χ0) is 16.8. The molecule has 2 atom stereocenters. The monoisotopic (exact) mass is 376 g/mol. The van der Waals surface area contributed by atoms with E-state index < -0.39 is 0 Å². The van der Waals surface area contributed by atoms with Crippen molar-refractivity contribution in [1.82, 2.24) is 0 Å². The van der Waals surface area contributed by atoms with Gasteiger partial charge in [0, 0.05) is 17.1 Å². The third-order valence-electron chi connectivity index (χ3n) is 4.65. The highest BCUT2D eigenvalue weighted by Gasteiger charge is 2.31. The summed E-state index contributed by atoms with van der Waals surface area (Å²) in [7, 11) is 0. The number of aliphatic hydroxyl groups is 1. The van der Waals surface area contributed by atoms with Crippen LogP contribution in [0.3, 0.4) is 0 Å². The van der Waals surface area contributed by atoms with Gasteiger partial charge in [-0.2, -0.15) is 0 Å². The molecule has 0 aromatic carbocycles. The van der Waals surface area contributed by atoms with Crippen LogP contribution in [-0.4, -0.2) is 25.7 Å². The normalized spacial score (nSPS) is 21.2. The van der Waals surface area contributed by atoms with Gasteiger partial charge >= 0.3 is 0 Å². The minimum absolute atomic E-state index is 0.355. The van der Waals surface area contributed by atoms with Gasteiger partial charge in [-0.05, 0) is 19.3 Å². The summed E-state index contributed by atoms with van der Waals surface area (Å²) in [6, 6.07) is 0. The summed E-state index contributed by atoms with van der Waals surface area (Å²) in [5, 5.41) is 10.3. The molecule has 4 heteroatoms. The number of hydrogen-bond acceptors (Lipinski definition) is 4. The van der Waals surface area contributed by atoms with E-state index in [4.69, 9.17) is 17.3 Å². The molecule has 0 aromatic rings. The van der Waals surface area contributed by atoms with Crippen molar-refractivity contribution in [2.45, 2.75) is 107 Å². The van der Waals surface area contributed by atoms with Crippen LogP contribution < -0.4 is 0 Å². The minimum atomic E-state index is 0.355. The molecule has 1 aliphatic heterocycles. The maximum atomic E-state index is 8.78. The molecule has 136 valence electrons. The largest absolute Gasteiger partial charge is 0.396 e. The Morgan fingerprint density at radius 2 is 1.17 bits per heavy atom. The van der Waals surface area contributed by atoms with E-state index in [0.29, 0.717) is 6.61 Å². The van der Waals surface area contributed by atoms with Crippen LogP contribution in [0.25, 0.3) is 0 Å². The lowest BCUT2D eigenvalue weighted by Gasteiger charge is -2.17. The number of unbranched alkanes of at least 4 members (excludes halogenated alkanes) is 10. The first-order chi connectivity index (χ1) is 11.3. The minimum Gasteiger partial charge on any atom is -0.396 e. The molecular weight excluding hydrogens is 340 g/mol. The predicted octanol–water partition coefficient (Wildman–Crippen LogP) is 6.96. The van der Waals surface area contributed by atoms with E-state index >= 15 is 0 Å². The number of thioether (sulfide) groups is 2. The first-order valence-corrected chi connectivity index (χ1v) is 11.9. The number of thiocarbonyl (C=S) groups is 1. The summed E-state index contributed by atoms with van der Waals surface area (Å²) < 4.78 is 1.19. The molecule has 0 bridgehead atoms. The molecule has 1 nitrogen and oxygen atoms in total. The van der Waals surface area contributed by atoms with Crippen LogP contribution in [0.2, 0.25) is 0 Å². The van der Waals surface area contributed by atoms with E-state index in [-0.39, 0.29) is 0 Å². The highest BCUT2D eigenvalue weighted by atomic mass is 32.2. The van der Waals surface area contributed by atoms with E-state index in [0.717, 1.165) is 16.9 Å². The fraction of sp³-hybridized carbons (Fsp3) is 0.947. The van der Waals surface area contributed by atoms with Crippen molar-refractivity contribution in [2.24, 2.45) is 0 Å². The molecule has 0 amide bonds. The van der Waals surface area contributed by atoms with Crippen molar-refractivity contribution in [3.05, 3.63) is 0 Å². The Morgan fingerprint density at radius 1 is 0.739 bits per heavy atom. The molecule has 0 aromatic heterocycles. The highest BCUT2D eigenvalue weighted by Crippen LogP contribution is 2.44. The van der Waals surface area contributed by atoms with Gasteiger partial charge in [0.2, 0.25) is 0 Å². The molecule has 1 saturated heterocycles. The fourth-order valence-corrected chi connectivity index (χ4v) is 6.88. The van der Waals surface area contributed by atoms with Crippen LogP contribution in [0.15, 0.2) is 0 Å². The lowest BCUT2D eigenvalue weighted by Crippen LogP contribution is -2.15. The van der Waals surface area contributed by atoms with Crippen molar-refractivity contribution >= 4 is 39.3 Å². The molecule has 1 aliphatic rings. The molecule has 0 unspecified atom stereocenters. The van der Waals surface area contributed by atoms with Crippen LogP contribution in [0.5, 0.6) is 0 Å². The van der Waals surface area contributed by atoms with E-state index in [2.05, 4.69) is 6.92 Å². The Hall–Kier alpha value is 0.750. The van der Waals surface area contributed by atoms with Crippen molar-refractivity contribution in [2.75, 3.05) is 6.61 Å². The molecule has 1 N–H and O–H groups in total. The smallest absolute Gasteiger partial charge is 0.104 e. The van der Waals surface area contributed by atoms with Crippen molar-refractivity contribution in [3.63, 3.8) is 0 Å². The molecule has 0 spiro atoms. The average molecular weight is 377 g/mol. The predicted molar refractivity (Wildman–Crippen MR) is 113 cm³/mol. The summed E-state index contributed by atoms with van der Waals surface area (Å²) in [6.07, 6.45) is 18.6. The zero-order valence-electron chi connectivity index (χ0n) is 14.9. The highest BCUT2D eigenvalue weighted by molar-refractivity contribution is 8.49.